The van der Waals surface area contributed by atoms with E-state index in [4.69, 9.17) is 5.73 Å². The van der Waals surface area contributed by atoms with Crippen molar-refractivity contribution in [3.8, 4) is 0 Å². The number of anilines is 1. The number of nitrogens with one attached hydrogen (secondary N) is 2. The maximum Gasteiger partial charge on any atom is 0.389 e. The molecule has 0 fully saturated rings. The minimum atomic E-state index is -4.73. The number of carbonyl (C=O) groups is 3. The van der Waals surface area contributed by atoms with Crippen LogP contribution >= 0.6 is 0 Å². The average Bonchev–Trinajstić information content (AvgIpc) is 2.93. The van der Waals surface area contributed by atoms with Crippen LogP contribution in [-0.4, -0.2) is 41.7 Å². The Morgan fingerprint density at radius 3 is 2.24 bits per heavy atom. The number of rotatable bonds is 9. The summed E-state index contributed by atoms with van der Waals surface area (Å²) >= 11 is 0. The van der Waals surface area contributed by atoms with Crippen LogP contribution in [0.1, 0.15) is 37.3 Å². The molecule has 2 aromatic carbocycles. The Labute approximate surface area is 209 Å². The first-order valence-electron chi connectivity index (χ1n) is 11.3. The van der Waals surface area contributed by atoms with Crippen molar-refractivity contribution in [1.29, 1.82) is 0 Å². The molecule has 2 aromatic rings. The molecule has 0 radical (unpaired) electrons. The summed E-state index contributed by atoms with van der Waals surface area (Å²) in [7, 11) is 0. The Morgan fingerprint density at radius 2 is 1.65 bits per heavy atom. The zero-order valence-electron chi connectivity index (χ0n) is 19.7. The lowest BCUT2D eigenvalue weighted by Crippen LogP contribution is -2.48. The number of primary amides is 1. The van der Waals surface area contributed by atoms with E-state index in [0.29, 0.717) is 29.4 Å². The lowest BCUT2D eigenvalue weighted by atomic mass is 9.83. The lowest BCUT2D eigenvalue weighted by molar-refractivity contribution is -0.148. The zero-order chi connectivity index (χ0) is 27.4. The first-order valence-corrected chi connectivity index (χ1v) is 11.3. The predicted octanol–water partition coefficient (Wildman–Crippen LogP) is 4.02. The van der Waals surface area contributed by atoms with Crippen LogP contribution < -0.4 is 16.4 Å². The van der Waals surface area contributed by atoms with Gasteiger partial charge in [-0.1, -0.05) is 48.5 Å². The van der Waals surface area contributed by atoms with Crippen molar-refractivity contribution < 1.29 is 36.3 Å². The normalized spacial score (nSPS) is 17.5. The van der Waals surface area contributed by atoms with Crippen molar-refractivity contribution in [2.75, 3.05) is 5.32 Å². The van der Waals surface area contributed by atoms with Gasteiger partial charge in [-0.3, -0.25) is 14.4 Å². The van der Waals surface area contributed by atoms with E-state index in [1.54, 1.807) is 54.6 Å². The molecule has 4 N–H and O–H groups in total. The molecule has 0 aromatic heterocycles. The van der Waals surface area contributed by atoms with Gasteiger partial charge >= 0.3 is 6.18 Å². The molecule has 1 heterocycles. The fourth-order valence-corrected chi connectivity index (χ4v) is 4.08. The molecular formula is C25H25F5N4O3. The van der Waals surface area contributed by atoms with E-state index in [-0.39, 0.29) is 0 Å². The summed E-state index contributed by atoms with van der Waals surface area (Å²) in [4.78, 5) is 42.4. The second-order valence-corrected chi connectivity index (χ2v) is 8.83. The topological polar surface area (TPSA) is 114 Å². The third kappa shape index (κ3) is 7.58. The summed E-state index contributed by atoms with van der Waals surface area (Å²) in [6, 6.07) is 15.3. The number of benzodiazepines with no additional fused rings is 1. The first kappa shape index (κ1) is 27.8. The van der Waals surface area contributed by atoms with E-state index in [9.17, 15) is 36.3 Å². The highest BCUT2D eigenvalue weighted by molar-refractivity contribution is 6.19. The Hall–Kier alpha value is -3.83. The first-order chi connectivity index (χ1) is 17.2. The van der Waals surface area contributed by atoms with Gasteiger partial charge in [0, 0.05) is 24.0 Å². The number of aliphatic imine (C=N–C) groups is 1. The molecule has 1 aliphatic rings. The molecule has 7 nitrogen and oxygen atoms in total. The molecule has 3 atom stereocenters. The van der Waals surface area contributed by atoms with Crippen molar-refractivity contribution in [1.82, 2.24) is 5.32 Å². The van der Waals surface area contributed by atoms with Crippen LogP contribution in [0.2, 0.25) is 0 Å². The van der Waals surface area contributed by atoms with Crippen molar-refractivity contribution in [2.45, 2.75) is 44.5 Å². The zero-order valence-corrected chi connectivity index (χ0v) is 19.7. The number of amides is 3. The van der Waals surface area contributed by atoms with Gasteiger partial charge in [0.25, 0.3) is 5.91 Å². The maximum atomic E-state index is 13.7. The minimum Gasteiger partial charge on any atom is -0.369 e. The van der Waals surface area contributed by atoms with Crippen LogP contribution in [0.15, 0.2) is 59.6 Å². The fourth-order valence-electron chi connectivity index (χ4n) is 4.08. The molecular weight excluding hydrogens is 499 g/mol. The number of nitrogens with two attached hydrogens (primary N) is 1. The fraction of sp³-hybridized carbons (Fsp3) is 0.360. The van der Waals surface area contributed by atoms with Crippen LogP contribution in [0.3, 0.4) is 0 Å². The van der Waals surface area contributed by atoms with Crippen LogP contribution in [0.4, 0.5) is 27.6 Å². The summed E-state index contributed by atoms with van der Waals surface area (Å²) in [5, 5.41) is 4.85. The molecule has 1 aliphatic heterocycles. The van der Waals surface area contributed by atoms with Crippen LogP contribution in [-0.2, 0) is 14.4 Å². The highest BCUT2D eigenvalue weighted by Crippen LogP contribution is 2.33. The number of halogens is 5. The van der Waals surface area contributed by atoms with E-state index < -0.39 is 67.1 Å². The van der Waals surface area contributed by atoms with E-state index in [1.165, 1.54) is 0 Å². The number of hydrogen-bond donors (Lipinski definition) is 3. The molecule has 3 amide bonds. The number of nitrogens with zero attached hydrogens (tertiary/aromatic N) is 1. The summed E-state index contributed by atoms with van der Waals surface area (Å²) in [5.74, 6) is -10.7. The maximum absolute atomic E-state index is 13.7. The molecule has 12 heteroatoms. The monoisotopic (exact) mass is 524 g/mol. The summed E-state index contributed by atoms with van der Waals surface area (Å²) in [6.07, 6.45) is -10.1. The Morgan fingerprint density at radius 1 is 1.03 bits per heavy atom. The van der Waals surface area contributed by atoms with E-state index >= 15 is 0 Å². The second-order valence-electron chi connectivity index (χ2n) is 8.83. The SMILES string of the molecule is CC(F)(F)CC(C(N)=O)C(CCC(F)(F)F)C(=O)NC1N=C(c2ccccc2)c2ccccc2NC1=O. The second kappa shape index (κ2) is 11.1. The molecule has 0 saturated heterocycles. The molecule has 37 heavy (non-hydrogen) atoms. The van der Waals surface area contributed by atoms with Crippen LogP contribution in [0.25, 0.3) is 0 Å². The van der Waals surface area contributed by atoms with Gasteiger partial charge in [-0.2, -0.15) is 13.2 Å². The highest BCUT2D eigenvalue weighted by Gasteiger charge is 2.42. The molecule has 198 valence electrons. The van der Waals surface area contributed by atoms with E-state index in [1.807, 2.05) is 0 Å². The van der Waals surface area contributed by atoms with Crippen LogP contribution in [0, 0.1) is 11.8 Å². The number of hydrogen-bond acceptors (Lipinski definition) is 4. The van der Waals surface area contributed by atoms with Crippen molar-refractivity contribution >= 4 is 29.1 Å². The number of benzene rings is 2. The number of carbonyl (C=O) groups excluding carboxylic acids is 3. The average molecular weight is 524 g/mol. The number of fused-ring (bicyclic) bond motifs is 1. The van der Waals surface area contributed by atoms with Gasteiger partial charge in [0.2, 0.25) is 23.9 Å². The lowest BCUT2D eigenvalue weighted by Gasteiger charge is -2.27. The smallest absolute Gasteiger partial charge is 0.369 e. The third-order valence-electron chi connectivity index (χ3n) is 5.78. The van der Waals surface area contributed by atoms with Gasteiger partial charge in [-0.15, -0.1) is 0 Å². The minimum absolute atomic E-state index is 0.304. The van der Waals surface area contributed by atoms with Gasteiger partial charge in [0.05, 0.1) is 23.2 Å². The van der Waals surface area contributed by atoms with Gasteiger partial charge < -0.3 is 16.4 Å². The van der Waals surface area contributed by atoms with Crippen molar-refractivity contribution in [2.24, 2.45) is 22.6 Å². The van der Waals surface area contributed by atoms with Crippen molar-refractivity contribution in [3.05, 3.63) is 65.7 Å². The quantitative estimate of drug-likeness (QED) is 0.431. The Balaban J connectivity index is 1.99. The van der Waals surface area contributed by atoms with Crippen molar-refractivity contribution in [3.63, 3.8) is 0 Å². The van der Waals surface area contributed by atoms with Gasteiger partial charge in [-0.05, 0) is 19.4 Å². The molecule has 0 saturated carbocycles. The Bertz CT molecular complexity index is 1180. The summed E-state index contributed by atoms with van der Waals surface area (Å²) < 4.78 is 66.4. The number of para-hydroxylation sites is 1. The largest absolute Gasteiger partial charge is 0.389 e. The molecule has 0 spiro atoms. The van der Waals surface area contributed by atoms with Gasteiger partial charge in [0.1, 0.15) is 0 Å². The summed E-state index contributed by atoms with van der Waals surface area (Å²) in [5.41, 5.74) is 7.01. The third-order valence-corrected chi connectivity index (χ3v) is 5.78. The van der Waals surface area contributed by atoms with Gasteiger partial charge in [-0.25, -0.2) is 13.8 Å². The molecule has 3 rings (SSSR count). The molecule has 3 unspecified atom stereocenters. The van der Waals surface area contributed by atoms with E-state index in [0.717, 1.165) is 0 Å². The van der Waals surface area contributed by atoms with E-state index in [2.05, 4.69) is 15.6 Å². The van der Waals surface area contributed by atoms with Crippen LogP contribution in [0.5, 0.6) is 0 Å². The number of alkyl halides is 5. The standard InChI is InChI=1S/C25H25F5N4O3/c1-24(26,27)13-17(20(31)35)15(11-12-25(28,29)30)22(36)34-21-23(37)32-18-10-6-5-9-16(18)19(33-21)14-7-3-2-4-8-14/h2-10,15,17,21H,11-13H2,1H3,(H2,31,35)(H,32,37)(H,34,36). The molecule has 0 aliphatic carbocycles. The predicted molar refractivity (Wildman–Crippen MR) is 126 cm³/mol. The summed E-state index contributed by atoms with van der Waals surface area (Å²) in [6.45, 7) is 0.466. The highest BCUT2D eigenvalue weighted by atomic mass is 19.4. The molecule has 0 bridgehead atoms. The van der Waals surface area contributed by atoms with Gasteiger partial charge in [0.15, 0.2) is 0 Å². The Kier molecular flexibility index (Phi) is 8.29.